The third-order valence-electron chi connectivity index (χ3n) is 3.04. The van der Waals surface area contributed by atoms with Gasteiger partial charge >= 0.3 is 0 Å². The second-order valence-electron chi connectivity index (χ2n) is 4.26. The molecule has 1 aliphatic carbocycles. The number of benzene rings is 1. The molecule has 0 heterocycles. The minimum absolute atomic E-state index is 0.0202. The molecule has 0 amide bonds. The highest BCUT2D eigenvalue weighted by Crippen LogP contribution is 2.22. The summed E-state index contributed by atoms with van der Waals surface area (Å²) in [6.07, 6.45) is 5.50. The third-order valence-corrected chi connectivity index (χ3v) is 3.04. The Hall–Kier alpha value is -0.860. The van der Waals surface area contributed by atoms with Crippen molar-refractivity contribution in [3.8, 4) is 0 Å². The fourth-order valence-electron chi connectivity index (χ4n) is 2.09. The van der Waals surface area contributed by atoms with Crippen LogP contribution in [-0.2, 0) is 4.74 Å². The molecule has 2 nitrogen and oxygen atoms in total. The van der Waals surface area contributed by atoms with E-state index in [2.05, 4.69) is 12.1 Å². The third kappa shape index (κ3) is 3.05. The number of rotatable bonds is 4. The zero-order valence-corrected chi connectivity index (χ0v) is 9.06. The van der Waals surface area contributed by atoms with Gasteiger partial charge in [-0.25, -0.2) is 0 Å². The van der Waals surface area contributed by atoms with Crippen molar-refractivity contribution in [3.63, 3.8) is 0 Å². The quantitative estimate of drug-likeness (QED) is 0.820. The zero-order valence-electron chi connectivity index (χ0n) is 9.06. The summed E-state index contributed by atoms with van der Waals surface area (Å²) in [5.74, 6) is 0. The van der Waals surface area contributed by atoms with Gasteiger partial charge in [0, 0.05) is 0 Å². The molecule has 0 spiro atoms. The van der Waals surface area contributed by atoms with E-state index in [1.54, 1.807) is 0 Å². The Morgan fingerprint density at radius 3 is 2.53 bits per heavy atom. The largest absolute Gasteiger partial charge is 0.376 e. The molecule has 1 aromatic carbocycles. The van der Waals surface area contributed by atoms with Gasteiger partial charge in [-0.2, -0.15) is 0 Å². The van der Waals surface area contributed by atoms with Gasteiger partial charge in [0.2, 0.25) is 0 Å². The molecule has 1 unspecified atom stereocenters. The molecule has 1 atom stereocenters. The molecule has 1 aromatic rings. The number of hydrogen-bond donors (Lipinski definition) is 1. The molecule has 0 aliphatic heterocycles. The summed E-state index contributed by atoms with van der Waals surface area (Å²) in [7, 11) is 0. The van der Waals surface area contributed by atoms with Crippen LogP contribution in [0.3, 0.4) is 0 Å². The van der Waals surface area contributed by atoms with Crippen LogP contribution in [-0.4, -0.2) is 12.7 Å². The highest BCUT2D eigenvalue weighted by molar-refractivity contribution is 5.18. The summed E-state index contributed by atoms with van der Waals surface area (Å²) >= 11 is 0. The molecule has 2 N–H and O–H groups in total. The zero-order chi connectivity index (χ0) is 10.5. The van der Waals surface area contributed by atoms with Gasteiger partial charge < -0.3 is 10.5 Å². The summed E-state index contributed by atoms with van der Waals surface area (Å²) in [5.41, 5.74) is 7.21. The van der Waals surface area contributed by atoms with E-state index in [0.29, 0.717) is 12.7 Å². The van der Waals surface area contributed by atoms with Crippen LogP contribution in [0.25, 0.3) is 0 Å². The second kappa shape index (κ2) is 5.29. The molecule has 0 bridgehead atoms. The number of nitrogens with two attached hydrogens (primary N) is 1. The highest BCUT2D eigenvalue weighted by Gasteiger charge is 2.16. The smallest absolute Gasteiger partial charge is 0.0663 e. The summed E-state index contributed by atoms with van der Waals surface area (Å²) in [5, 5.41) is 0. The van der Waals surface area contributed by atoms with Gasteiger partial charge in [0.05, 0.1) is 18.8 Å². The molecule has 0 aromatic heterocycles. The van der Waals surface area contributed by atoms with Gasteiger partial charge in [-0.3, -0.25) is 0 Å². The Bertz CT molecular complexity index is 280. The van der Waals surface area contributed by atoms with Crippen LogP contribution in [0.4, 0.5) is 0 Å². The summed E-state index contributed by atoms with van der Waals surface area (Å²) < 4.78 is 5.79. The molecule has 0 radical (unpaired) electrons. The molecular formula is C13H19NO. The Labute approximate surface area is 91.4 Å². The lowest BCUT2D eigenvalue weighted by atomic mass is 10.1. The lowest BCUT2D eigenvalue weighted by Gasteiger charge is -2.16. The van der Waals surface area contributed by atoms with Crippen molar-refractivity contribution >= 4 is 0 Å². The SMILES string of the molecule is NC(COC1CCCC1)c1ccccc1. The molecule has 2 rings (SSSR count). The Kier molecular flexibility index (Phi) is 3.75. The van der Waals surface area contributed by atoms with E-state index in [0.717, 1.165) is 5.56 Å². The summed E-state index contributed by atoms with van der Waals surface area (Å²) in [6.45, 7) is 0.648. The maximum atomic E-state index is 6.05. The van der Waals surface area contributed by atoms with E-state index in [4.69, 9.17) is 10.5 Å². The van der Waals surface area contributed by atoms with Gasteiger partial charge in [0.1, 0.15) is 0 Å². The number of ether oxygens (including phenoxy) is 1. The Morgan fingerprint density at radius 1 is 1.20 bits per heavy atom. The first-order valence-electron chi connectivity index (χ1n) is 5.78. The lowest BCUT2D eigenvalue weighted by molar-refractivity contribution is 0.0489. The van der Waals surface area contributed by atoms with Crippen molar-refractivity contribution in [1.29, 1.82) is 0 Å². The van der Waals surface area contributed by atoms with Crippen molar-refractivity contribution in [2.45, 2.75) is 37.8 Å². The van der Waals surface area contributed by atoms with Crippen LogP contribution in [0.5, 0.6) is 0 Å². The van der Waals surface area contributed by atoms with Crippen LogP contribution in [0.2, 0.25) is 0 Å². The topological polar surface area (TPSA) is 35.2 Å². The van der Waals surface area contributed by atoms with Gasteiger partial charge in [-0.05, 0) is 18.4 Å². The van der Waals surface area contributed by atoms with Crippen molar-refractivity contribution in [1.82, 2.24) is 0 Å². The van der Waals surface area contributed by atoms with Crippen molar-refractivity contribution < 1.29 is 4.74 Å². The Morgan fingerprint density at radius 2 is 1.87 bits per heavy atom. The molecule has 15 heavy (non-hydrogen) atoms. The fourth-order valence-corrected chi connectivity index (χ4v) is 2.09. The van der Waals surface area contributed by atoms with Crippen molar-refractivity contribution in [2.75, 3.05) is 6.61 Å². The van der Waals surface area contributed by atoms with E-state index in [9.17, 15) is 0 Å². The number of hydrogen-bond acceptors (Lipinski definition) is 2. The average molecular weight is 205 g/mol. The van der Waals surface area contributed by atoms with Gasteiger partial charge in [-0.15, -0.1) is 0 Å². The van der Waals surface area contributed by atoms with E-state index >= 15 is 0 Å². The van der Waals surface area contributed by atoms with Crippen molar-refractivity contribution in [2.24, 2.45) is 5.73 Å². The maximum Gasteiger partial charge on any atom is 0.0663 e. The van der Waals surface area contributed by atoms with Crippen LogP contribution >= 0.6 is 0 Å². The van der Waals surface area contributed by atoms with Crippen molar-refractivity contribution in [3.05, 3.63) is 35.9 Å². The second-order valence-corrected chi connectivity index (χ2v) is 4.26. The standard InChI is InChI=1S/C13H19NO/c14-13(11-6-2-1-3-7-11)10-15-12-8-4-5-9-12/h1-3,6-7,12-13H,4-5,8-10,14H2. The highest BCUT2D eigenvalue weighted by atomic mass is 16.5. The average Bonchev–Trinajstić information content (AvgIpc) is 2.80. The Balaban J connectivity index is 1.79. The monoisotopic (exact) mass is 205 g/mol. The molecule has 0 saturated heterocycles. The molecule has 2 heteroatoms. The predicted octanol–water partition coefficient (Wildman–Crippen LogP) is 2.65. The molecular weight excluding hydrogens is 186 g/mol. The lowest BCUT2D eigenvalue weighted by Crippen LogP contribution is -2.20. The van der Waals surface area contributed by atoms with Crippen LogP contribution in [0.15, 0.2) is 30.3 Å². The summed E-state index contributed by atoms with van der Waals surface area (Å²) in [4.78, 5) is 0. The molecule has 1 saturated carbocycles. The van der Waals surface area contributed by atoms with Gasteiger partial charge in [-0.1, -0.05) is 43.2 Å². The fraction of sp³-hybridized carbons (Fsp3) is 0.538. The minimum Gasteiger partial charge on any atom is -0.376 e. The van der Waals surface area contributed by atoms with Gasteiger partial charge in [0.25, 0.3) is 0 Å². The van der Waals surface area contributed by atoms with E-state index in [-0.39, 0.29) is 6.04 Å². The van der Waals surface area contributed by atoms with E-state index in [1.165, 1.54) is 25.7 Å². The van der Waals surface area contributed by atoms with Gasteiger partial charge in [0.15, 0.2) is 0 Å². The van der Waals surface area contributed by atoms with Crippen LogP contribution < -0.4 is 5.73 Å². The molecule has 1 fully saturated rings. The van der Waals surface area contributed by atoms with Crippen LogP contribution in [0, 0.1) is 0 Å². The first-order chi connectivity index (χ1) is 7.36. The normalized spacial score (nSPS) is 19.3. The first-order valence-corrected chi connectivity index (χ1v) is 5.78. The van der Waals surface area contributed by atoms with E-state index in [1.807, 2.05) is 18.2 Å². The predicted molar refractivity (Wildman–Crippen MR) is 61.6 cm³/mol. The van der Waals surface area contributed by atoms with E-state index < -0.39 is 0 Å². The molecule has 1 aliphatic rings. The molecule has 82 valence electrons. The maximum absolute atomic E-state index is 6.05. The van der Waals surface area contributed by atoms with Crippen LogP contribution in [0.1, 0.15) is 37.3 Å². The first kappa shape index (κ1) is 10.7. The minimum atomic E-state index is 0.0202. The summed E-state index contributed by atoms with van der Waals surface area (Å²) in [6, 6.07) is 10.2.